The van der Waals surface area contributed by atoms with Crippen LogP contribution in [0, 0.1) is 0 Å². The van der Waals surface area contributed by atoms with Crippen molar-refractivity contribution in [2.45, 2.75) is 38.5 Å². The summed E-state index contributed by atoms with van der Waals surface area (Å²) in [6, 6.07) is 17.2. The largest absolute Gasteiger partial charge is 0.393 e. The van der Waals surface area contributed by atoms with E-state index in [1.165, 1.54) is 27.6 Å². The van der Waals surface area contributed by atoms with Gasteiger partial charge in [-0.3, -0.25) is 9.89 Å². The van der Waals surface area contributed by atoms with E-state index in [1.807, 2.05) is 0 Å². The summed E-state index contributed by atoms with van der Waals surface area (Å²) in [5.74, 6) is 0.816. The number of rotatable bonds is 7. The number of nitrogens with zero attached hydrogens (tertiary/aromatic N) is 2. The van der Waals surface area contributed by atoms with E-state index in [4.69, 9.17) is 0 Å². The summed E-state index contributed by atoms with van der Waals surface area (Å²) < 4.78 is 0. The number of aliphatic imine (C=N–C) groups is 1. The predicted molar refractivity (Wildman–Crippen MR) is 127 cm³/mol. The van der Waals surface area contributed by atoms with Crippen LogP contribution >= 0.6 is 0 Å². The molecular weight excluding hydrogens is 386 g/mol. The van der Waals surface area contributed by atoms with E-state index in [1.54, 1.807) is 7.05 Å². The van der Waals surface area contributed by atoms with Crippen LogP contribution in [0.5, 0.6) is 0 Å². The number of fused-ring (bicyclic) bond motifs is 1. The van der Waals surface area contributed by atoms with Gasteiger partial charge in [0.15, 0.2) is 5.96 Å². The molecule has 1 fully saturated rings. The maximum absolute atomic E-state index is 9.65. The Balaban J connectivity index is 1.21. The molecule has 2 heterocycles. The molecule has 2 aromatic carbocycles. The molecule has 3 aromatic rings. The Bertz CT molecular complexity index is 987. The highest BCUT2D eigenvalue weighted by Crippen LogP contribution is 2.17. The van der Waals surface area contributed by atoms with Crippen LogP contribution in [0.3, 0.4) is 0 Å². The summed E-state index contributed by atoms with van der Waals surface area (Å²) in [6.07, 6.45) is 4.68. The van der Waals surface area contributed by atoms with Crippen LogP contribution in [-0.4, -0.2) is 53.7 Å². The highest BCUT2D eigenvalue weighted by atomic mass is 16.3. The SMILES string of the molecule is CN=C(NCCc1c[nH]c2ccccc12)NCc1ccc(CN2CCC(O)CC2)cc1. The highest BCUT2D eigenvalue weighted by Gasteiger charge is 2.16. The maximum Gasteiger partial charge on any atom is 0.191 e. The zero-order chi connectivity index (χ0) is 21.5. The zero-order valence-corrected chi connectivity index (χ0v) is 18.3. The van der Waals surface area contributed by atoms with E-state index >= 15 is 0 Å². The molecule has 0 unspecified atom stereocenters. The number of aromatic amines is 1. The number of aliphatic hydroxyl groups is 1. The van der Waals surface area contributed by atoms with E-state index in [0.29, 0.717) is 0 Å². The number of hydrogen-bond donors (Lipinski definition) is 4. The molecule has 0 amide bonds. The van der Waals surface area contributed by atoms with Crippen molar-refractivity contribution in [1.29, 1.82) is 0 Å². The summed E-state index contributed by atoms with van der Waals surface area (Å²) in [4.78, 5) is 10.1. The molecule has 1 saturated heterocycles. The number of H-pyrrole nitrogens is 1. The molecule has 0 radical (unpaired) electrons. The van der Waals surface area contributed by atoms with Crippen molar-refractivity contribution in [2.75, 3.05) is 26.7 Å². The molecule has 6 nitrogen and oxygen atoms in total. The van der Waals surface area contributed by atoms with Gasteiger partial charge in [-0.05, 0) is 42.0 Å². The monoisotopic (exact) mass is 419 g/mol. The first kappa shape index (κ1) is 21.4. The van der Waals surface area contributed by atoms with Crippen LogP contribution in [-0.2, 0) is 19.5 Å². The third-order valence-corrected chi connectivity index (χ3v) is 6.03. The van der Waals surface area contributed by atoms with Gasteiger partial charge in [0.05, 0.1) is 6.10 Å². The topological polar surface area (TPSA) is 75.7 Å². The molecular formula is C25H33N5O. The Labute approximate surface area is 184 Å². The lowest BCUT2D eigenvalue weighted by molar-refractivity contribution is 0.0792. The van der Waals surface area contributed by atoms with Gasteiger partial charge in [-0.1, -0.05) is 42.5 Å². The molecule has 164 valence electrons. The summed E-state index contributed by atoms with van der Waals surface area (Å²) in [5, 5.41) is 17.7. The Morgan fingerprint density at radius 2 is 1.81 bits per heavy atom. The standard InChI is InChI=1S/C25H33N5O/c1-26-25(27-13-10-21-17-28-24-5-3-2-4-23(21)24)29-16-19-6-8-20(9-7-19)18-30-14-11-22(31)12-15-30/h2-9,17,22,28,31H,10-16,18H2,1H3,(H2,26,27,29). The van der Waals surface area contributed by atoms with Gasteiger partial charge >= 0.3 is 0 Å². The molecule has 6 heteroatoms. The van der Waals surface area contributed by atoms with Gasteiger partial charge < -0.3 is 20.7 Å². The lowest BCUT2D eigenvalue weighted by atomic mass is 10.1. The third kappa shape index (κ3) is 5.87. The lowest BCUT2D eigenvalue weighted by Gasteiger charge is -2.29. The Kier molecular flexibility index (Phi) is 7.22. The summed E-state index contributed by atoms with van der Waals surface area (Å²) in [5.41, 5.74) is 5.05. The number of benzene rings is 2. The normalized spacial score (nSPS) is 16.0. The van der Waals surface area contributed by atoms with Gasteiger partial charge in [0, 0.05) is 56.9 Å². The van der Waals surface area contributed by atoms with Crippen molar-refractivity contribution < 1.29 is 5.11 Å². The molecule has 0 spiro atoms. The third-order valence-electron chi connectivity index (χ3n) is 6.03. The van der Waals surface area contributed by atoms with Crippen molar-refractivity contribution in [3.05, 3.63) is 71.4 Å². The Morgan fingerprint density at radius 3 is 2.58 bits per heavy atom. The molecule has 31 heavy (non-hydrogen) atoms. The Morgan fingerprint density at radius 1 is 1.06 bits per heavy atom. The number of guanidine groups is 1. The first-order valence-corrected chi connectivity index (χ1v) is 11.2. The van der Waals surface area contributed by atoms with E-state index < -0.39 is 0 Å². The molecule has 4 rings (SSSR count). The minimum atomic E-state index is -0.116. The van der Waals surface area contributed by atoms with Crippen LogP contribution in [0.15, 0.2) is 59.7 Å². The van der Waals surface area contributed by atoms with Crippen LogP contribution in [0.4, 0.5) is 0 Å². The Hall–Kier alpha value is -2.83. The van der Waals surface area contributed by atoms with Gasteiger partial charge in [0.2, 0.25) is 0 Å². The molecule has 4 N–H and O–H groups in total. The fourth-order valence-corrected chi connectivity index (χ4v) is 4.16. The van der Waals surface area contributed by atoms with Crippen LogP contribution in [0.2, 0.25) is 0 Å². The summed E-state index contributed by atoms with van der Waals surface area (Å²) in [6.45, 7) is 4.47. The van der Waals surface area contributed by atoms with Crippen LogP contribution < -0.4 is 10.6 Å². The smallest absolute Gasteiger partial charge is 0.191 e. The minimum absolute atomic E-state index is 0.116. The van der Waals surface area contributed by atoms with E-state index in [0.717, 1.165) is 57.9 Å². The first-order valence-electron chi connectivity index (χ1n) is 11.2. The molecule has 0 aliphatic carbocycles. The van der Waals surface area contributed by atoms with Crippen molar-refractivity contribution in [1.82, 2.24) is 20.5 Å². The highest BCUT2D eigenvalue weighted by molar-refractivity contribution is 5.83. The zero-order valence-electron chi connectivity index (χ0n) is 18.3. The van der Waals surface area contributed by atoms with Crippen LogP contribution in [0.25, 0.3) is 10.9 Å². The molecule has 0 bridgehead atoms. The quantitative estimate of drug-likeness (QED) is 0.351. The number of piperidine rings is 1. The van der Waals surface area contributed by atoms with Crippen molar-refractivity contribution in [3.63, 3.8) is 0 Å². The molecule has 1 aromatic heterocycles. The fourth-order valence-electron chi connectivity index (χ4n) is 4.16. The van der Waals surface area contributed by atoms with Gasteiger partial charge in [-0.15, -0.1) is 0 Å². The molecule has 0 atom stereocenters. The predicted octanol–water partition coefficient (Wildman–Crippen LogP) is 3.03. The van der Waals surface area contributed by atoms with Gasteiger partial charge in [0.25, 0.3) is 0 Å². The summed E-state index contributed by atoms with van der Waals surface area (Å²) in [7, 11) is 1.81. The first-order chi connectivity index (χ1) is 15.2. The second kappa shape index (κ2) is 10.5. The van der Waals surface area contributed by atoms with Gasteiger partial charge in [-0.2, -0.15) is 0 Å². The maximum atomic E-state index is 9.65. The van der Waals surface area contributed by atoms with E-state index in [2.05, 4.69) is 80.2 Å². The summed E-state index contributed by atoms with van der Waals surface area (Å²) >= 11 is 0. The number of likely N-dealkylation sites (tertiary alicyclic amines) is 1. The van der Waals surface area contributed by atoms with Crippen LogP contribution in [0.1, 0.15) is 29.5 Å². The van der Waals surface area contributed by atoms with Gasteiger partial charge in [0.1, 0.15) is 0 Å². The second-order valence-electron chi connectivity index (χ2n) is 8.29. The lowest BCUT2D eigenvalue weighted by Crippen LogP contribution is -2.37. The fraction of sp³-hybridized carbons (Fsp3) is 0.400. The average Bonchev–Trinajstić information content (AvgIpc) is 3.22. The van der Waals surface area contributed by atoms with Gasteiger partial charge in [-0.25, -0.2) is 0 Å². The van der Waals surface area contributed by atoms with E-state index in [-0.39, 0.29) is 6.10 Å². The number of hydrogen-bond acceptors (Lipinski definition) is 3. The number of para-hydroxylation sites is 1. The van der Waals surface area contributed by atoms with Crippen molar-refractivity contribution in [3.8, 4) is 0 Å². The molecule has 1 aliphatic heterocycles. The molecule has 1 aliphatic rings. The van der Waals surface area contributed by atoms with E-state index in [9.17, 15) is 5.11 Å². The minimum Gasteiger partial charge on any atom is -0.393 e. The molecule has 0 saturated carbocycles. The van der Waals surface area contributed by atoms with Crippen molar-refractivity contribution >= 4 is 16.9 Å². The number of aliphatic hydroxyl groups excluding tert-OH is 1. The number of nitrogens with one attached hydrogen (secondary N) is 3. The van der Waals surface area contributed by atoms with Crippen molar-refractivity contribution in [2.24, 2.45) is 4.99 Å². The number of aromatic nitrogens is 1. The average molecular weight is 420 g/mol. The second-order valence-corrected chi connectivity index (χ2v) is 8.29.